The fourth-order valence-electron chi connectivity index (χ4n) is 2.74. The predicted molar refractivity (Wildman–Crippen MR) is 91.9 cm³/mol. The van der Waals surface area contributed by atoms with E-state index < -0.39 is 0 Å². The van der Waals surface area contributed by atoms with Gasteiger partial charge in [-0.15, -0.1) is 11.3 Å². The van der Waals surface area contributed by atoms with Crippen LogP contribution in [0.25, 0.3) is 0 Å². The lowest BCUT2D eigenvalue weighted by atomic mass is 10.1. The number of aromatic nitrogens is 1. The summed E-state index contributed by atoms with van der Waals surface area (Å²) in [5.74, 6) is 0.398. The molecule has 7 heteroatoms. The molecule has 1 amide bonds. The summed E-state index contributed by atoms with van der Waals surface area (Å²) in [6.45, 7) is 2.44. The second kappa shape index (κ2) is 8.21. The van der Waals surface area contributed by atoms with Crippen LogP contribution in [0.5, 0.6) is 5.75 Å². The van der Waals surface area contributed by atoms with Gasteiger partial charge in [0.2, 0.25) is 5.91 Å². The molecule has 1 atom stereocenters. The van der Waals surface area contributed by atoms with E-state index in [0.29, 0.717) is 23.8 Å². The minimum absolute atomic E-state index is 0.0217. The normalized spacial score (nSPS) is 18.3. The zero-order valence-corrected chi connectivity index (χ0v) is 14.1. The maximum Gasteiger partial charge on any atom is 0.227 e. The van der Waals surface area contributed by atoms with Crippen molar-refractivity contribution >= 4 is 22.4 Å². The summed E-state index contributed by atoms with van der Waals surface area (Å²) in [4.78, 5) is 18.2. The molecule has 128 valence electrons. The van der Waals surface area contributed by atoms with Gasteiger partial charge in [0, 0.05) is 31.1 Å². The smallest absolute Gasteiger partial charge is 0.227 e. The highest BCUT2D eigenvalue weighted by Gasteiger charge is 2.21. The molecule has 0 saturated carbocycles. The maximum atomic E-state index is 12.9. The van der Waals surface area contributed by atoms with E-state index in [1.807, 2.05) is 5.38 Å². The summed E-state index contributed by atoms with van der Waals surface area (Å²) in [7, 11) is 0. The lowest BCUT2D eigenvalue weighted by Gasteiger charge is -2.32. The van der Waals surface area contributed by atoms with Crippen molar-refractivity contribution in [1.82, 2.24) is 9.88 Å². The van der Waals surface area contributed by atoms with Gasteiger partial charge in [-0.25, -0.2) is 9.37 Å². The van der Waals surface area contributed by atoms with Crippen LogP contribution in [0.1, 0.15) is 19.3 Å². The first-order valence-electron chi connectivity index (χ1n) is 8.03. The van der Waals surface area contributed by atoms with Gasteiger partial charge in [0.25, 0.3) is 0 Å². The van der Waals surface area contributed by atoms with Crippen molar-refractivity contribution < 1.29 is 13.9 Å². The number of likely N-dealkylation sites (tertiary alicyclic amines) is 1. The molecular weight excluding hydrogens is 329 g/mol. The molecule has 0 bridgehead atoms. The topological polar surface area (TPSA) is 54.5 Å². The average molecular weight is 349 g/mol. The number of hydrogen-bond donors (Lipinski definition) is 1. The van der Waals surface area contributed by atoms with Gasteiger partial charge >= 0.3 is 0 Å². The van der Waals surface area contributed by atoms with Gasteiger partial charge in [0.15, 0.2) is 5.13 Å². The zero-order chi connectivity index (χ0) is 16.8. The van der Waals surface area contributed by atoms with Crippen molar-refractivity contribution in [3.63, 3.8) is 0 Å². The standard InChI is InChI=1S/C17H20FN3O2S/c18-13-3-5-14(6-4-13)23-15-2-1-9-21(12-15)10-7-16(22)20-17-19-8-11-24-17/h3-6,8,11,15H,1-2,7,9-10,12H2,(H,19,20,22)/t15-/m1/s1. The molecular formula is C17H20FN3O2S. The minimum atomic E-state index is -0.265. The molecule has 0 radical (unpaired) electrons. The third-order valence-corrected chi connectivity index (χ3v) is 4.60. The summed E-state index contributed by atoms with van der Waals surface area (Å²) in [5, 5.41) is 5.26. The number of ether oxygens (including phenoxy) is 1. The molecule has 1 aliphatic heterocycles. The van der Waals surface area contributed by atoms with Crippen LogP contribution < -0.4 is 10.1 Å². The lowest BCUT2D eigenvalue weighted by molar-refractivity contribution is -0.116. The maximum absolute atomic E-state index is 12.9. The summed E-state index contributed by atoms with van der Waals surface area (Å²) >= 11 is 1.41. The first kappa shape index (κ1) is 16.9. The van der Waals surface area contributed by atoms with E-state index in [0.717, 1.165) is 25.9 Å². The van der Waals surface area contributed by atoms with Gasteiger partial charge in [-0.2, -0.15) is 0 Å². The van der Waals surface area contributed by atoms with Crippen molar-refractivity contribution in [3.05, 3.63) is 41.7 Å². The number of carbonyl (C=O) groups is 1. The number of carbonyl (C=O) groups excluding carboxylic acids is 1. The van der Waals surface area contributed by atoms with Crippen LogP contribution in [0.2, 0.25) is 0 Å². The largest absolute Gasteiger partial charge is 0.489 e. The monoisotopic (exact) mass is 349 g/mol. The van der Waals surface area contributed by atoms with E-state index in [-0.39, 0.29) is 17.8 Å². The fraction of sp³-hybridized carbons (Fsp3) is 0.412. The summed E-state index contributed by atoms with van der Waals surface area (Å²) in [6.07, 6.45) is 4.18. The van der Waals surface area contributed by atoms with E-state index in [4.69, 9.17) is 4.74 Å². The van der Waals surface area contributed by atoms with Gasteiger partial charge in [0.05, 0.1) is 0 Å². The summed E-state index contributed by atoms with van der Waals surface area (Å²) in [6, 6.07) is 6.10. The molecule has 2 heterocycles. The SMILES string of the molecule is O=C(CCN1CCC[C@@H](Oc2ccc(F)cc2)C1)Nc1nccs1. The number of benzene rings is 1. The lowest BCUT2D eigenvalue weighted by Crippen LogP contribution is -2.42. The Morgan fingerprint density at radius 1 is 1.42 bits per heavy atom. The van der Waals surface area contributed by atoms with Crippen molar-refractivity contribution in [2.24, 2.45) is 0 Å². The number of amides is 1. The van der Waals surface area contributed by atoms with E-state index >= 15 is 0 Å². The number of rotatable bonds is 6. The van der Waals surface area contributed by atoms with Crippen LogP contribution >= 0.6 is 11.3 Å². The fourth-order valence-corrected chi connectivity index (χ4v) is 3.29. The Morgan fingerprint density at radius 3 is 3.00 bits per heavy atom. The number of nitrogens with one attached hydrogen (secondary N) is 1. The molecule has 0 aliphatic carbocycles. The van der Waals surface area contributed by atoms with Crippen LogP contribution in [0, 0.1) is 5.82 Å². The van der Waals surface area contributed by atoms with E-state index in [9.17, 15) is 9.18 Å². The summed E-state index contributed by atoms with van der Waals surface area (Å²) in [5.41, 5.74) is 0. The number of nitrogens with zero attached hydrogens (tertiary/aromatic N) is 2. The van der Waals surface area contributed by atoms with Crippen LogP contribution in [-0.4, -0.2) is 41.5 Å². The molecule has 2 aromatic rings. The highest BCUT2D eigenvalue weighted by Crippen LogP contribution is 2.19. The molecule has 5 nitrogen and oxygen atoms in total. The van der Waals surface area contributed by atoms with E-state index in [2.05, 4.69) is 15.2 Å². The molecule has 1 aromatic carbocycles. The van der Waals surface area contributed by atoms with Crippen molar-refractivity contribution in [1.29, 1.82) is 0 Å². The van der Waals surface area contributed by atoms with Crippen LogP contribution in [0.15, 0.2) is 35.8 Å². The first-order valence-corrected chi connectivity index (χ1v) is 8.91. The molecule has 1 aromatic heterocycles. The number of halogens is 1. The first-order chi connectivity index (χ1) is 11.7. The molecule has 1 N–H and O–H groups in total. The molecule has 0 unspecified atom stereocenters. The quantitative estimate of drug-likeness (QED) is 0.870. The van der Waals surface area contributed by atoms with Crippen LogP contribution in [0.3, 0.4) is 0 Å². The third kappa shape index (κ3) is 5.01. The van der Waals surface area contributed by atoms with Gasteiger partial charge in [-0.1, -0.05) is 0 Å². The van der Waals surface area contributed by atoms with Crippen molar-refractivity contribution in [2.45, 2.75) is 25.4 Å². The Hall–Kier alpha value is -1.99. The third-order valence-electron chi connectivity index (χ3n) is 3.91. The molecule has 24 heavy (non-hydrogen) atoms. The van der Waals surface area contributed by atoms with Gasteiger partial charge in [-0.3, -0.25) is 9.69 Å². The Morgan fingerprint density at radius 2 is 2.25 bits per heavy atom. The van der Waals surface area contributed by atoms with Gasteiger partial charge < -0.3 is 10.1 Å². The minimum Gasteiger partial charge on any atom is -0.489 e. The van der Waals surface area contributed by atoms with Gasteiger partial charge in [-0.05, 0) is 43.7 Å². The molecule has 0 spiro atoms. The second-order valence-electron chi connectivity index (χ2n) is 5.77. The molecule has 1 fully saturated rings. The highest BCUT2D eigenvalue weighted by molar-refractivity contribution is 7.13. The Bertz CT molecular complexity index is 648. The molecule has 1 aliphatic rings. The van der Waals surface area contributed by atoms with Crippen molar-refractivity contribution in [3.8, 4) is 5.75 Å². The second-order valence-corrected chi connectivity index (χ2v) is 6.67. The predicted octanol–water partition coefficient (Wildman–Crippen LogP) is 3.15. The summed E-state index contributed by atoms with van der Waals surface area (Å²) < 4.78 is 18.8. The van der Waals surface area contributed by atoms with Crippen LogP contribution in [0.4, 0.5) is 9.52 Å². The van der Waals surface area contributed by atoms with E-state index in [1.165, 1.54) is 23.5 Å². The molecule has 1 saturated heterocycles. The Balaban J connectivity index is 1.43. The number of piperidine rings is 1. The van der Waals surface area contributed by atoms with Crippen molar-refractivity contribution in [2.75, 3.05) is 25.0 Å². The highest BCUT2D eigenvalue weighted by atomic mass is 32.1. The molecule has 3 rings (SSSR count). The van der Waals surface area contributed by atoms with Crippen LogP contribution in [-0.2, 0) is 4.79 Å². The number of hydrogen-bond acceptors (Lipinski definition) is 5. The van der Waals surface area contributed by atoms with Gasteiger partial charge in [0.1, 0.15) is 17.7 Å². The number of anilines is 1. The Kier molecular flexibility index (Phi) is 5.77. The zero-order valence-electron chi connectivity index (χ0n) is 13.3. The van der Waals surface area contributed by atoms with E-state index in [1.54, 1.807) is 18.3 Å². The number of thiazole rings is 1. The average Bonchev–Trinajstić information content (AvgIpc) is 3.08. The Labute approximate surface area is 144 Å².